The highest BCUT2D eigenvalue weighted by Gasteiger charge is 2.19. The van der Waals surface area contributed by atoms with Crippen molar-refractivity contribution in [3.63, 3.8) is 0 Å². The minimum atomic E-state index is 0.685. The quantitative estimate of drug-likeness (QED) is 0.476. The van der Waals surface area contributed by atoms with Crippen LogP contribution in [0.4, 0.5) is 0 Å². The van der Waals surface area contributed by atoms with E-state index in [-0.39, 0.29) is 0 Å². The van der Waals surface area contributed by atoms with E-state index in [1.807, 2.05) is 30.3 Å². The molecule has 3 rings (SSSR count). The van der Waals surface area contributed by atoms with Crippen LogP contribution in [0.1, 0.15) is 18.4 Å². The predicted molar refractivity (Wildman–Crippen MR) is 112 cm³/mol. The van der Waals surface area contributed by atoms with Crippen LogP contribution < -0.4 is 15.2 Å². The first kappa shape index (κ1) is 19.1. The van der Waals surface area contributed by atoms with Gasteiger partial charge in [0.1, 0.15) is 11.5 Å². The number of aryl methyl sites for hydroxylation is 1. The number of hydrogen-bond donors (Lipinski definition) is 2. The van der Waals surface area contributed by atoms with Gasteiger partial charge < -0.3 is 20.2 Å². The SMILES string of the molecule is COc1ccc(OC)c(-c2[nH]c3c(Br)cc(Cl)cc3c2CCCCN)c1. The van der Waals surface area contributed by atoms with Crippen molar-refractivity contribution >= 4 is 38.4 Å². The van der Waals surface area contributed by atoms with E-state index < -0.39 is 0 Å². The molecule has 0 spiro atoms. The predicted octanol–water partition coefficient (Wildman–Crippen LogP) is 5.55. The lowest BCUT2D eigenvalue weighted by Crippen LogP contribution is -1.99. The van der Waals surface area contributed by atoms with Gasteiger partial charge in [0, 0.05) is 20.4 Å². The molecule has 26 heavy (non-hydrogen) atoms. The maximum atomic E-state index is 6.31. The molecule has 0 fully saturated rings. The second-order valence-corrected chi connectivity index (χ2v) is 7.39. The number of rotatable bonds is 7. The lowest BCUT2D eigenvalue weighted by molar-refractivity contribution is 0.404. The fourth-order valence-corrected chi connectivity index (χ4v) is 4.13. The number of unbranched alkanes of at least 4 members (excludes halogenated alkanes) is 1. The Morgan fingerprint density at radius 2 is 1.92 bits per heavy atom. The minimum absolute atomic E-state index is 0.685. The maximum absolute atomic E-state index is 6.31. The van der Waals surface area contributed by atoms with Gasteiger partial charge in [-0.1, -0.05) is 11.6 Å². The minimum Gasteiger partial charge on any atom is -0.497 e. The van der Waals surface area contributed by atoms with Crippen molar-refractivity contribution in [2.45, 2.75) is 19.3 Å². The molecular weight excluding hydrogens is 416 g/mol. The van der Waals surface area contributed by atoms with Crippen LogP contribution >= 0.6 is 27.5 Å². The standard InChI is InChI=1S/C20H22BrClN2O2/c1-25-13-6-7-18(26-2)16(11-13)19-14(5-3-4-8-23)15-9-12(22)10-17(21)20(15)24-19/h6-7,9-11,24H,3-5,8,23H2,1-2H3. The Morgan fingerprint density at radius 3 is 2.62 bits per heavy atom. The highest BCUT2D eigenvalue weighted by atomic mass is 79.9. The second kappa shape index (κ2) is 8.33. The zero-order chi connectivity index (χ0) is 18.7. The number of benzene rings is 2. The van der Waals surface area contributed by atoms with Gasteiger partial charge in [0.15, 0.2) is 0 Å². The van der Waals surface area contributed by atoms with Gasteiger partial charge in [0.25, 0.3) is 0 Å². The summed E-state index contributed by atoms with van der Waals surface area (Å²) in [4.78, 5) is 3.56. The molecule has 0 amide bonds. The zero-order valence-electron chi connectivity index (χ0n) is 14.9. The Labute approximate surface area is 166 Å². The molecule has 0 unspecified atom stereocenters. The van der Waals surface area contributed by atoms with Crippen LogP contribution in [0.15, 0.2) is 34.8 Å². The van der Waals surface area contributed by atoms with Crippen molar-refractivity contribution in [3.05, 3.63) is 45.4 Å². The molecule has 0 radical (unpaired) electrons. The van der Waals surface area contributed by atoms with Crippen LogP contribution in [0.25, 0.3) is 22.2 Å². The molecule has 0 saturated heterocycles. The Bertz CT molecular complexity index is 924. The van der Waals surface area contributed by atoms with Crippen LogP contribution in [0.2, 0.25) is 5.02 Å². The topological polar surface area (TPSA) is 60.3 Å². The van der Waals surface area contributed by atoms with Crippen LogP contribution in [0, 0.1) is 0 Å². The van der Waals surface area contributed by atoms with Crippen LogP contribution in [-0.2, 0) is 6.42 Å². The normalized spacial score (nSPS) is 11.1. The van der Waals surface area contributed by atoms with Crippen molar-refractivity contribution in [1.82, 2.24) is 4.98 Å². The second-order valence-electron chi connectivity index (χ2n) is 6.10. The van der Waals surface area contributed by atoms with Gasteiger partial charge in [-0.05, 0) is 77.6 Å². The Hall–Kier alpha value is -1.69. The number of fused-ring (bicyclic) bond motifs is 1. The van der Waals surface area contributed by atoms with Gasteiger partial charge in [-0.25, -0.2) is 0 Å². The molecule has 1 aromatic heterocycles. The lowest BCUT2D eigenvalue weighted by Gasteiger charge is -2.12. The number of methoxy groups -OCH3 is 2. The number of H-pyrrole nitrogens is 1. The van der Waals surface area contributed by atoms with E-state index in [0.717, 1.165) is 57.4 Å². The lowest BCUT2D eigenvalue weighted by atomic mass is 9.99. The van der Waals surface area contributed by atoms with E-state index in [0.29, 0.717) is 11.6 Å². The molecule has 6 heteroatoms. The molecule has 0 bridgehead atoms. The van der Waals surface area contributed by atoms with E-state index in [1.165, 1.54) is 5.56 Å². The molecule has 0 aliphatic rings. The highest BCUT2D eigenvalue weighted by molar-refractivity contribution is 9.10. The summed E-state index contributed by atoms with van der Waals surface area (Å²) >= 11 is 9.93. The number of ether oxygens (including phenoxy) is 2. The van der Waals surface area contributed by atoms with Gasteiger partial charge in [0.2, 0.25) is 0 Å². The maximum Gasteiger partial charge on any atom is 0.128 e. The number of aromatic amines is 1. The van der Waals surface area contributed by atoms with Gasteiger partial charge in [0.05, 0.1) is 25.4 Å². The molecule has 4 nitrogen and oxygen atoms in total. The van der Waals surface area contributed by atoms with Gasteiger partial charge in [-0.3, -0.25) is 0 Å². The number of hydrogen-bond acceptors (Lipinski definition) is 3. The summed E-state index contributed by atoms with van der Waals surface area (Å²) in [6.45, 7) is 0.685. The van der Waals surface area contributed by atoms with Gasteiger partial charge in [-0.2, -0.15) is 0 Å². The van der Waals surface area contributed by atoms with E-state index in [2.05, 4.69) is 20.9 Å². The summed E-state index contributed by atoms with van der Waals surface area (Å²) in [5.41, 5.74) is 9.92. The fraction of sp³-hybridized carbons (Fsp3) is 0.300. The summed E-state index contributed by atoms with van der Waals surface area (Å²) in [5, 5.41) is 1.81. The molecule has 0 aliphatic heterocycles. The van der Waals surface area contributed by atoms with Gasteiger partial charge in [-0.15, -0.1) is 0 Å². The summed E-state index contributed by atoms with van der Waals surface area (Å²) in [7, 11) is 3.34. The van der Waals surface area contributed by atoms with Crippen molar-refractivity contribution in [2.24, 2.45) is 5.73 Å². The van der Waals surface area contributed by atoms with E-state index >= 15 is 0 Å². The Balaban J connectivity index is 2.24. The number of halogens is 2. The van der Waals surface area contributed by atoms with Crippen molar-refractivity contribution in [2.75, 3.05) is 20.8 Å². The number of nitrogens with one attached hydrogen (secondary N) is 1. The van der Waals surface area contributed by atoms with E-state index in [4.69, 9.17) is 26.8 Å². The third-order valence-electron chi connectivity index (χ3n) is 4.49. The first-order valence-electron chi connectivity index (χ1n) is 8.51. The van der Waals surface area contributed by atoms with Crippen molar-refractivity contribution in [3.8, 4) is 22.8 Å². The molecule has 138 valence electrons. The Morgan fingerprint density at radius 1 is 1.12 bits per heavy atom. The molecular formula is C20H22BrClN2O2. The highest BCUT2D eigenvalue weighted by Crippen LogP contribution is 2.41. The smallest absolute Gasteiger partial charge is 0.128 e. The number of aromatic nitrogens is 1. The Kier molecular flexibility index (Phi) is 6.12. The molecule has 3 N–H and O–H groups in total. The van der Waals surface area contributed by atoms with Gasteiger partial charge >= 0.3 is 0 Å². The van der Waals surface area contributed by atoms with E-state index in [9.17, 15) is 0 Å². The summed E-state index contributed by atoms with van der Waals surface area (Å²) in [5.74, 6) is 1.57. The molecule has 0 aliphatic carbocycles. The van der Waals surface area contributed by atoms with Crippen molar-refractivity contribution < 1.29 is 9.47 Å². The average Bonchev–Trinajstić information content (AvgIpc) is 3.00. The zero-order valence-corrected chi connectivity index (χ0v) is 17.2. The van der Waals surface area contributed by atoms with Crippen LogP contribution in [0.5, 0.6) is 11.5 Å². The molecule has 1 heterocycles. The molecule has 2 aromatic carbocycles. The molecule has 0 atom stereocenters. The average molecular weight is 438 g/mol. The monoisotopic (exact) mass is 436 g/mol. The fourth-order valence-electron chi connectivity index (χ4n) is 3.22. The third-order valence-corrected chi connectivity index (χ3v) is 5.33. The van der Waals surface area contributed by atoms with Crippen molar-refractivity contribution in [1.29, 1.82) is 0 Å². The summed E-state index contributed by atoms with van der Waals surface area (Å²) in [6, 6.07) is 9.71. The largest absolute Gasteiger partial charge is 0.497 e. The first-order valence-corrected chi connectivity index (χ1v) is 9.68. The van der Waals surface area contributed by atoms with Crippen LogP contribution in [0.3, 0.4) is 0 Å². The molecule has 0 saturated carbocycles. The van der Waals surface area contributed by atoms with E-state index in [1.54, 1.807) is 14.2 Å². The first-order chi connectivity index (χ1) is 12.6. The third kappa shape index (κ3) is 3.70. The number of nitrogens with two attached hydrogens (primary N) is 1. The van der Waals surface area contributed by atoms with Crippen LogP contribution in [-0.4, -0.2) is 25.7 Å². The summed E-state index contributed by atoms with van der Waals surface area (Å²) < 4.78 is 11.9. The summed E-state index contributed by atoms with van der Waals surface area (Å²) in [6.07, 6.45) is 2.88. The molecule has 3 aromatic rings.